The maximum Gasteiger partial charge on any atom is 0.220 e. The van der Waals surface area contributed by atoms with Crippen LogP contribution in [-0.4, -0.2) is 35.7 Å². The first-order valence-electron chi connectivity index (χ1n) is 7.51. The van der Waals surface area contributed by atoms with E-state index < -0.39 is 5.54 Å². The maximum atomic E-state index is 12.1. The third-order valence-electron chi connectivity index (χ3n) is 3.83. The lowest BCUT2D eigenvalue weighted by Crippen LogP contribution is -2.57. The van der Waals surface area contributed by atoms with E-state index in [1.165, 1.54) is 0 Å². The van der Waals surface area contributed by atoms with Crippen molar-refractivity contribution in [3.63, 3.8) is 0 Å². The first kappa shape index (κ1) is 16.8. The van der Waals surface area contributed by atoms with E-state index in [0.717, 1.165) is 38.5 Å². The van der Waals surface area contributed by atoms with Crippen LogP contribution in [0.15, 0.2) is 5.16 Å². The first-order chi connectivity index (χ1) is 9.64. The summed E-state index contributed by atoms with van der Waals surface area (Å²) in [6.45, 7) is 3.18. The fraction of sp³-hybridized carbons (Fsp3) is 0.857. The second-order valence-electron chi connectivity index (χ2n) is 5.33. The molecule has 1 fully saturated rings. The highest BCUT2D eigenvalue weighted by Crippen LogP contribution is 2.27. The third kappa shape index (κ3) is 5.00. The normalized spacial score (nSPS) is 19.4. The largest absolute Gasteiger partial charge is 0.409 e. The summed E-state index contributed by atoms with van der Waals surface area (Å²) in [6.07, 6.45) is 6.78. The summed E-state index contributed by atoms with van der Waals surface area (Å²) in [7, 11) is 0. The van der Waals surface area contributed by atoms with E-state index in [-0.39, 0.29) is 11.7 Å². The summed E-state index contributed by atoms with van der Waals surface area (Å²) in [5.41, 5.74) is 5.16. The summed E-state index contributed by atoms with van der Waals surface area (Å²) < 4.78 is 5.22. The van der Waals surface area contributed by atoms with Crippen LogP contribution in [0.1, 0.15) is 58.3 Å². The van der Waals surface area contributed by atoms with Crippen molar-refractivity contribution in [2.24, 2.45) is 10.9 Å². The van der Waals surface area contributed by atoms with Gasteiger partial charge in [0.15, 0.2) is 5.84 Å². The van der Waals surface area contributed by atoms with Crippen molar-refractivity contribution < 1.29 is 14.7 Å². The molecule has 6 heteroatoms. The van der Waals surface area contributed by atoms with Crippen molar-refractivity contribution >= 4 is 11.7 Å². The van der Waals surface area contributed by atoms with Gasteiger partial charge in [0.1, 0.15) is 5.54 Å². The standard InChI is InChI=1S/C14H27N3O3/c1-2-20-11-7-8-12(18)16-14(13(15)17-19)9-5-3-4-6-10-14/h19H,2-11H2,1H3,(H2,15,17)(H,16,18). The van der Waals surface area contributed by atoms with Gasteiger partial charge in [-0.3, -0.25) is 4.79 Å². The molecule has 1 aliphatic rings. The molecule has 0 bridgehead atoms. The number of nitrogens with one attached hydrogen (secondary N) is 1. The van der Waals surface area contributed by atoms with Crippen molar-refractivity contribution in [1.82, 2.24) is 5.32 Å². The van der Waals surface area contributed by atoms with Crippen LogP contribution in [0.25, 0.3) is 0 Å². The maximum absolute atomic E-state index is 12.1. The highest BCUT2D eigenvalue weighted by atomic mass is 16.5. The third-order valence-corrected chi connectivity index (χ3v) is 3.83. The molecule has 1 saturated carbocycles. The SMILES string of the molecule is CCOCCCC(=O)NC1(C(N)=NO)CCCCCC1. The quantitative estimate of drug-likeness (QED) is 0.166. The number of hydrogen-bond donors (Lipinski definition) is 3. The first-order valence-corrected chi connectivity index (χ1v) is 7.51. The lowest BCUT2D eigenvalue weighted by atomic mass is 9.88. The minimum absolute atomic E-state index is 0.0572. The molecule has 1 aliphatic carbocycles. The van der Waals surface area contributed by atoms with E-state index >= 15 is 0 Å². The van der Waals surface area contributed by atoms with Gasteiger partial charge in [0, 0.05) is 19.6 Å². The van der Waals surface area contributed by atoms with Gasteiger partial charge in [-0.15, -0.1) is 0 Å². The Balaban J connectivity index is 2.58. The van der Waals surface area contributed by atoms with Crippen molar-refractivity contribution in [3.8, 4) is 0 Å². The number of nitrogens with two attached hydrogens (primary N) is 1. The minimum Gasteiger partial charge on any atom is -0.409 e. The Hall–Kier alpha value is -1.30. The average molecular weight is 285 g/mol. The zero-order valence-corrected chi connectivity index (χ0v) is 12.4. The van der Waals surface area contributed by atoms with Crippen molar-refractivity contribution in [1.29, 1.82) is 0 Å². The average Bonchev–Trinajstić information content (AvgIpc) is 2.69. The molecule has 0 unspecified atom stereocenters. The molecule has 1 amide bonds. The number of carbonyl (C=O) groups is 1. The van der Waals surface area contributed by atoms with Gasteiger partial charge in [0.05, 0.1) is 0 Å². The molecular formula is C14H27N3O3. The van der Waals surface area contributed by atoms with Gasteiger partial charge >= 0.3 is 0 Å². The second-order valence-corrected chi connectivity index (χ2v) is 5.33. The highest BCUT2D eigenvalue weighted by Gasteiger charge is 2.36. The van der Waals surface area contributed by atoms with Crippen LogP contribution in [0.5, 0.6) is 0 Å². The van der Waals surface area contributed by atoms with E-state index in [2.05, 4.69) is 10.5 Å². The summed E-state index contributed by atoms with van der Waals surface area (Å²) in [6, 6.07) is 0. The molecule has 116 valence electrons. The van der Waals surface area contributed by atoms with Gasteiger partial charge < -0.3 is 21.0 Å². The van der Waals surface area contributed by atoms with E-state index in [1.807, 2.05) is 6.92 Å². The van der Waals surface area contributed by atoms with Gasteiger partial charge in [-0.25, -0.2) is 0 Å². The predicted octanol–water partition coefficient (Wildman–Crippen LogP) is 1.76. The van der Waals surface area contributed by atoms with Crippen LogP contribution < -0.4 is 11.1 Å². The number of carbonyl (C=O) groups excluding carboxylic acids is 1. The number of amides is 1. The Kier molecular flexibility index (Phi) is 7.36. The molecule has 0 saturated heterocycles. The van der Waals surface area contributed by atoms with Gasteiger partial charge in [0.2, 0.25) is 5.91 Å². The molecule has 0 aliphatic heterocycles. The Labute approximate surface area is 120 Å². The van der Waals surface area contributed by atoms with Crippen LogP contribution in [0, 0.1) is 0 Å². The van der Waals surface area contributed by atoms with Crippen LogP contribution in [0.2, 0.25) is 0 Å². The van der Waals surface area contributed by atoms with Gasteiger partial charge in [0.25, 0.3) is 0 Å². The fourth-order valence-electron chi connectivity index (χ4n) is 2.68. The Morgan fingerprint density at radius 1 is 1.35 bits per heavy atom. The van der Waals surface area contributed by atoms with Crippen LogP contribution in [-0.2, 0) is 9.53 Å². The number of nitrogens with zero attached hydrogens (tertiary/aromatic N) is 1. The van der Waals surface area contributed by atoms with E-state index in [0.29, 0.717) is 26.1 Å². The van der Waals surface area contributed by atoms with E-state index in [4.69, 9.17) is 15.7 Å². The molecule has 1 rings (SSSR count). The lowest BCUT2D eigenvalue weighted by molar-refractivity contribution is -0.122. The zero-order chi connectivity index (χ0) is 14.8. The molecule has 0 radical (unpaired) electrons. The monoisotopic (exact) mass is 285 g/mol. The Morgan fingerprint density at radius 2 is 2.00 bits per heavy atom. The molecule has 0 heterocycles. The summed E-state index contributed by atoms with van der Waals surface area (Å²) in [5, 5.41) is 15.1. The van der Waals surface area contributed by atoms with Gasteiger partial charge in [-0.1, -0.05) is 30.8 Å². The molecule has 0 aromatic heterocycles. The fourth-order valence-corrected chi connectivity index (χ4v) is 2.68. The number of oxime groups is 1. The van der Waals surface area contributed by atoms with Crippen molar-refractivity contribution in [2.45, 2.75) is 63.8 Å². The Morgan fingerprint density at radius 3 is 2.55 bits per heavy atom. The molecule has 20 heavy (non-hydrogen) atoms. The number of hydrogen-bond acceptors (Lipinski definition) is 4. The topological polar surface area (TPSA) is 96.9 Å². The molecule has 6 nitrogen and oxygen atoms in total. The molecule has 0 spiro atoms. The minimum atomic E-state index is -0.673. The van der Waals surface area contributed by atoms with Gasteiger partial charge in [-0.2, -0.15) is 0 Å². The van der Waals surface area contributed by atoms with E-state index in [1.54, 1.807) is 0 Å². The molecule has 0 aromatic carbocycles. The molecule has 0 aromatic rings. The number of ether oxygens (including phenoxy) is 1. The Bertz CT molecular complexity index is 324. The highest BCUT2D eigenvalue weighted by molar-refractivity contribution is 5.93. The second kappa shape index (κ2) is 8.79. The van der Waals surface area contributed by atoms with Crippen LogP contribution in [0.3, 0.4) is 0 Å². The van der Waals surface area contributed by atoms with Crippen LogP contribution >= 0.6 is 0 Å². The summed E-state index contributed by atoms with van der Waals surface area (Å²) in [4.78, 5) is 12.1. The lowest BCUT2D eigenvalue weighted by Gasteiger charge is -2.32. The van der Waals surface area contributed by atoms with Gasteiger partial charge in [-0.05, 0) is 26.2 Å². The van der Waals surface area contributed by atoms with Crippen molar-refractivity contribution in [3.05, 3.63) is 0 Å². The summed E-state index contributed by atoms with van der Waals surface area (Å²) >= 11 is 0. The molecular weight excluding hydrogens is 258 g/mol. The number of rotatable bonds is 7. The van der Waals surface area contributed by atoms with E-state index in [9.17, 15) is 4.79 Å². The predicted molar refractivity (Wildman–Crippen MR) is 77.7 cm³/mol. The zero-order valence-electron chi connectivity index (χ0n) is 12.4. The molecule has 4 N–H and O–H groups in total. The number of amidine groups is 1. The smallest absolute Gasteiger partial charge is 0.220 e. The molecule has 0 atom stereocenters. The van der Waals surface area contributed by atoms with Crippen molar-refractivity contribution in [2.75, 3.05) is 13.2 Å². The van der Waals surface area contributed by atoms with Crippen LogP contribution in [0.4, 0.5) is 0 Å². The summed E-state index contributed by atoms with van der Waals surface area (Å²) in [5.74, 6) is 0.0655.